The third kappa shape index (κ3) is 6.43. The number of carboxylic acids is 1. The van der Waals surface area contributed by atoms with Crippen molar-refractivity contribution < 1.29 is 19.4 Å². The molecule has 1 heterocycles. The van der Waals surface area contributed by atoms with E-state index in [9.17, 15) is 14.7 Å². The smallest absolute Gasteiger partial charge is 0.226 e. The minimum Gasteiger partial charge on any atom is -0.550 e. The van der Waals surface area contributed by atoms with Gasteiger partial charge < -0.3 is 20.0 Å². The number of hydrogen-bond donors (Lipinski definition) is 1. The molecule has 0 atom stereocenters. The fraction of sp³-hybridized carbons (Fsp3) is 0.227. The van der Waals surface area contributed by atoms with Crippen molar-refractivity contribution in [2.24, 2.45) is 0 Å². The van der Waals surface area contributed by atoms with Crippen LogP contribution in [0.2, 0.25) is 0 Å². The van der Waals surface area contributed by atoms with Crippen molar-refractivity contribution >= 4 is 23.2 Å². The molecule has 0 aliphatic rings. The van der Waals surface area contributed by atoms with Crippen LogP contribution < -0.4 is 15.2 Å². The molecule has 150 valence electrons. The van der Waals surface area contributed by atoms with Crippen LogP contribution in [0.4, 0.5) is 0 Å². The van der Waals surface area contributed by atoms with Gasteiger partial charge in [-0.1, -0.05) is 42.0 Å². The Kier molecular flexibility index (Phi) is 6.97. The topological polar surface area (TPSA) is 91.3 Å². The van der Waals surface area contributed by atoms with Gasteiger partial charge in [0, 0.05) is 17.8 Å². The zero-order valence-corrected chi connectivity index (χ0v) is 16.8. The second-order valence-electron chi connectivity index (χ2n) is 6.55. The minimum absolute atomic E-state index is 0.114. The summed E-state index contributed by atoms with van der Waals surface area (Å²) in [5.41, 5.74) is 3.91. The lowest BCUT2D eigenvalue weighted by atomic mass is 10.0. The Morgan fingerprint density at radius 1 is 1.03 bits per heavy atom. The summed E-state index contributed by atoms with van der Waals surface area (Å²) in [6, 6.07) is 16.2. The van der Waals surface area contributed by atoms with Crippen LogP contribution in [-0.2, 0) is 22.4 Å². The Hall–Kier alpha value is -3.19. The van der Waals surface area contributed by atoms with Gasteiger partial charge in [-0.3, -0.25) is 4.79 Å². The number of carbonyl (C=O) groups is 2. The molecule has 6 nitrogen and oxygen atoms in total. The van der Waals surface area contributed by atoms with Crippen molar-refractivity contribution in [1.29, 1.82) is 0 Å². The van der Waals surface area contributed by atoms with E-state index in [0.717, 1.165) is 16.9 Å². The van der Waals surface area contributed by atoms with E-state index in [1.54, 1.807) is 5.38 Å². The molecule has 1 aromatic heterocycles. The van der Waals surface area contributed by atoms with Crippen LogP contribution in [-0.4, -0.2) is 30.0 Å². The first-order chi connectivity index (χ1) is 14.0. The summed E-state index contributed by atoms with van der Waals surface area (Å²) in [4.78, 5) is 26.6. The van der Waals surface area contributed by atoms with Gasteiger partial charge in [-0.05, 0) is 30.2 Å². The zero-order chi connectivity index (χ0) is 20.6. The highest BCUT2D eigenvalue weighted by Crippen LogP contribution is 2.22. The molecule has 0 spiro atoms. The molecule has 0 unspecified atom stereocenters. The summed E-state index contributed by atoms with van der Waals surface area (Å²) in [6.07, 6.45) is -0.127. The van der Waals surface area contributed by atoms with Gasteiger partial charge >= 0.3 is 0 Å². The number of benzene rings is 2. The number of nitrogens with one attached hydrogen (secondary N) is 1. The number of thiazole rings is 1. The van der Waals surface area contributed by atoms with Crippen molar-refractivity contribution in [3.63, 3.8) is 0 Å². The average Bonchev–Trinajstić information content (AvgIpc) is 3.12. The van der Waals surface area contributed by atoms with Gasteiger partial charge in [0.25, 0.3) is 0 Å². The SMILES string of the molecule is Cc1ccc(-c2ccc(OCCNC(=O)Cc3nc(CC(=O)[O-])cs3)cc2)cc1. The van der Waals surface area contributed by atoms with E-state index in [1.165, 1.54) is 16.9 Å². The van der Waals surface area contributed by atoms with Crippen LogP contribution in [0.5, 0.6) is 5.75 Å². The Morgan fingerprint density at radius 3 is 2.34 bits per heavy atom. The monoisotopic (exact) mass is 409 g/mol. The number of carbonyl (C=O) groups excluding carboxylic acids is 2. The van der Waals surface area contributed by atoms with Crippen LogP contribution in [0.15, 0.2) is 53.9 Å². The second-order valence-corrected chi connectivity index (χ2v) is 7.49. The Balaban J connectivity index is 1.39. The van der Waals surface area contributed by atoms with Crippen LogP contribution in [0.1, 0.15) is 16.3 Å². The van der Waals surface area contributed by atoms with Crippen LogP contribution >= 0.6 is 11.3 Å². The van der Waals surface area contributed by atoms with Gasteiger partial charge in [0.1, 0.15) is 17.4 Å². The summed E-state index contributed by atoms with van der Waals surface area (Å²) >= 11 is 1.26. The predicted molar refractivity (Wildman–Crippen MR) is 110 cm³/mol. The summed E-state index contributed by atoms with van der Waals surface area (Å²) in [7, 11) is 0. The molecule has 29 heavy (non-hydrogen) atoms. The van der Waals surface area contributed by atoms with Gasteiger partial charge in [-0.25, -0.2) is 4.98 Å². The Labute approximate surface area is 173 Å². The summed E-state index contributed by atoms with van der Waals surface area (Å²) in [5, 5.41) is 15.5. The molecule has 3 aromatic rings. The Morgan fingerprint density at radius 2 is 1.69 bits per heavy atom. The Bertz CT molecular complexity index is 965. The lowest BCUT2D eigenvalue weighted by molar-refractivity contribution is -0.304. The molecule has 0 fully saturated rings. The van der Waals surface area contributed by atoms with E-state index in [4.69, 9.17) is 4.74 Å². The highest BCUT2D eigenvalue weighted by molar-refractivity contribution is 7.09. The van der Waals surface area contributed by atoms with Crippen molar-refractivity contribution in [1.82, 2.24) is 10.3 Å². The van der Waals surface area contributed by atoms with Crippen LogP contribution in [0.3, 0.4) is 0 Å². The van der Waals surface area contributed by atoms with E-state index in [1.807, 2.05) is 24.3 Å². The fourth-order valence-electron chi connectivity index (χ4n) is 2.71. The molecule has 0 aliphatic carbocycles. The van der Waals surface area contributed by atoms with E-state index in [-0.39, 0.29) is 18.7 Å². The lowest BCUT2D eigenvalue weighted by Crippen LogP contribution is -2.29. The maximum absolute atomic E-state index is 12.0. The molecular formula is C22H21N2O4S-. The molecule has 2 aromatic carbocycles. The molecule has 0 bridgehead atoms. The van der Waals surface area contributed by atoms with E-state index < -0.39 is 5.97 Å². The number of carboxylic acid groups (broad SMARTS) is 1. The molecule has 7 heteroatoms. The van der Waals surface area contributed by atoms with E-state index in [0.29, 0.717) is 23.9 Å². The minimum atomic E-state index is -1.18. The zero-order valence-electron chi connectivity index (χ0n) is 16.0. The van der Waals surface area contributed by atoms with Gasteiger partial charge in [-0.2, -0.15) is 0 Å². The molecule has 0 saturated heterocycles. The summed E-state index contributed by atoms with van der Waals surface area (Å²) < 4.78 is 5.66. The van der Waals surface area contributed by atoms with Gasteiger partial charge in [0.2, 0.25) is 5.91 Å². The number of amides is 1. The lowest BCUT2D eigenvalue weighted by Gasteiger charge is -2.08. The molecule has 3 rings (SSSR count). The third-order valence-corrected chi connectivity index (χ3v) is 5.07. The number of ether oxygens (including phenoxy) is 1. The standard InChI is InChI=1S/C22H22N2O4S/c1-15-2-4-16(5-3-15)17-6-8-19(9-7-17)28-11-10-23-20(25)13-21-24-18(14-29-21)12-22(26)27/h2-9,14H,10-13H2,1H3,(H,23,25)(H,26,27)/p-1. The number of rotatable bonds is 9. The number of nitrogens with zero attached hydrogens (tertiary/aromatic N) is 1. The van der Waals surface area contributed by atoms with Gasteiger partial charge in [0.05, 0.1) is 18.7 Å². The number of hydrogen-bond acceptors (Lipinski definition) is 6. The number of aromatic nitrogens is 1. The number of aryl methyl sites for hydroxylation is 1. The first-order valence-corrected chi connectivity index (χ1v) is 10.1. The van der Waals surface area contributed by atoms with Gasteiger partial charge in [0.15, 0.2) is 0 Å². The highest BCUT2D eigenvalue weighted by atomic mass is 32.1. The molecule has 0 saturated carbocycles. The molecular weight excluding hydrogens is 388 g/mol. The second kappa shape index (κ2) is 9.84. The fourth-order valence-corrected chi connectivity index (χ4v) is 3.50. The van der Waals surface area contributed by atoms with E-state index in [2.05, 4.69) is 41.5 Å². The van der Waals surface area contributed by atoms with E-state index >= 15 is 0 Å². The maximum atomic E-state index is 12.0. The summed E-state index contributed by atoms with van der Waals surface area (Å²) in [6.45, 7) is 2.78. The van der Waals surface area contributed by atoms with Gasteiger partial charge in [-0.15, -0.1) is 11.3 Å². The molecule has 1 N–H and O–H groups in total. The average molecular weight is 409 g/mol. The summed E-state index contributed by atoms with van der Waals surface area (Å²) in [5.74, 6) is -0.630. The highest BCUT2D eigenvalue weighted by Gasteiger charge is 2.08. The largest absolute Gasteiger partial charge is 0.550 e. The molecule has 1 amide bonds. The number of aliphatic carboxylic acids is 1. The normalized spacial score (nSPS) is 10.5. The van der Waals surface area contributed by atoms with Crippen molar-refractivity contribution in [2.75, 3.05) is 13.2 Å². The van der Waals surface area contributed by atoms with Crippen LogP contribution in [0.25, 0.3) is 11.1 Å². The van der Waals surface area contributed by atoms with Crippen molar-refractivity contribution in [3.8, 4) is 16.9 Å². The van der Waals surface area contributed by atoms with Crippen LogP contribution in [0, 0.1) is 6.92 Å². The first kappa shape index (κ1) is 20.5. The van der Waals surface area contributed by atoms with Crippen molar-refractivity contribution in [2.45, 2.75) is 19.8 Å². The first-order valence-electron chi connectivity index (χ1n) is 9.19. The quantitative estimate of drug-likeness (QED) is 0.547. The van der Waals surface area contributed by atoms with Crippen molar-refractivity contribution in [3.05, 3.63) is 70.2 Å². The molecule has 0 aliphatic heterocycles. The predicted octanol–water partition coefficient (Wildman–Crippen LogP) is 2.15. The maximum Gasteiger partial charge on any atom is 0.226 e. The molecule has 0 radical (unpaired) electrons. The third-order valence-electron chi connectivity index (χ3n) is 4.17.